The molecule has 1 aliphatic carbocycles. The summed E-state index contributed by atoms with van der Waals surface area (Å²) in [4.78, 5) is 2.79. The molecule has 2 fully saturated rings. The van der Waals surface area contributed by atoms with Crippen LogP contribution in [-0.4, -0.2) is 23.0 Å². The summed E-state index contributed by atoms with van der Waals surface area (Å²) in [5.74, 6) is 1.89. The summed E-state index contributed by atoms with van der Waals surface area (Å²) in [6.07, 6.45) is 5.96. The highest BCUT2D eigenvalue weighted by Gasteiger charge is 2.46. The van der Waals surface area contributed by atoms with Gasteiger partial charge in [0.25, 0.3) is 0 Å². The molecule has 0 N–H and O–H groups in total. The van der Waals surface area contributed by atoms with Crippen LogP contribution in [0.15, 0.2) is 0 Å². The molecule has 1 saturated carbocycles. The predicted octanol–water partition coefficient (Wildman–Crippen LogP) is 3.29. The van der Waals surface area contributed by atoms with Crippen LogP contribution in [0.1, 0.15) is 53.4 Å². The fraction of sp³-hybridized carbons (Fsp3) is 1.00. The van der Waals surface area contributed by atoms with E-state index >= 15 is 0 Å². The Hall–Kier alpha value is -0.0400. The minimum absolute atomic E-state index is 0.752. The molecule has 1 heterocycles. The highest BCUT2D eigenvalue weighted by atomic mass is 15.3. The number of hydrogen-bond donors (Lipinski definition) is 0. The Morgan fingerprint density at radius 2 is 1.71 bits per heavy atom. The van der Waals surface area contributed by atoms with Crippen LogP contribution < -0.4 is 0 Å². The minimum Gasteiger partial charge on any atom is -0.294 e. The maximum absolute atomic E-state index is 2.79. The van der Waals surface area contributed by atoms with E-state index < -0.39 is 0 Å². The van der Waals surface area contributed by atoms with Crippen LogP contribution in [0, 0.1) is 11.8 Å². The molecule has 2 atom stereocenters. The normalized spacial score (nSPS) is 34.7. The number of hydrogen-bond acceptors (Lipinski definition) is 1. The third-order valence-electron chi connectivity index (χ3n) is 4.31. The molecule has 1 saturated heterocycles. The first kappa shape index (κ1) is 10.5. The van der Waals surface area contributed by atoms with Gasteiger partial charge in [0.15, 0.2) is 0 Å². The van der Waals surface area contributed by atoms with Gasteiger partial charge in [-0.2, -0.15) is 0 Å². The van der Waals surface area contributed by atoms with Crippen molar-refractivity contribution in [2.24, 2.45) is 11.8 Å². The Morgan fingerprint density at radius 3 is 2.07 bits per heavy atom. The van der Waals surface area contributed by atoms with Crippen molar-refractivity contribution < 1.29 is 0 Å². The first-order valence-corrected chi connectivity index (χ1v) is 6.38. The van der Waals surface area contributed by atoms with Crippen molar-refractivity contribution in [3.05, 3.63) is 0 Å². The van der Waals surface area contributed by atoms with Crippen LogP contribution >= 0.6 is 0 Å². The lowest BCUT2D eigenvalue weighted by Gasteiger charge is -2.57. The summed E-state index contributed by atoms with van der Waals surface area (Å²) in [7, 11) is 0. The molecule has 2 unspecified atom stereocenters. The maximum Gasteiger partial charge on any atom is 0.0144 e. The SMILES string of the molecule is CC(C)C1CC(C2CCC2)N1C(C)C. The van der Waals surface area contributed by atoms with Gasteiger partial charge in [0.1, 0.15) is 0 Å². The van der Waals surface area contributed by atoms with E-state index in [4.69, 9.17) is 0 Å². The van der Waals surface area contributed by atoms with Gasteiger partial charge in [0.05, 0.1) is 0 Å². The second-order valence-corrected chi connectivity index (χ2v) is 5.85. The van der Waals surface area contributed by atoms with Crippen LogP contribution in [0.5, 0.6) is 0 Å². The Bertz CT molecular complexity index is 193. The zero-order valence-electron chi connectivity index (χ0n) is 10.2. The van der Waals surface area contributed by atoms with Gasteiger partial charge < -0.3 is 0 Å². The molecule has 1 aliphatic heterocycles. The highest BCUT2D eigenvalue weighted by Crippen LogP contribution is 2.43. The standard InChI is InChI=1S/C13H25N/c1-9(2)12-8-13(11-6-5-7-11)14(12)10(3)4/h9-13H,5-8H2,1-4H3. The summed E-state index contributed by atoms with van der Waals surface area (Å²) < 4.78 is 0. The Kier molecular flexibility index (Phi) is 2.88. The van der Waals surface area contributed by atoms with E-state index in [0.717, 1.165) is 30.0 Å². The molecule has 2 rings (SSSR count). The van der Waals surface area contributed by atoms with E-state index in [1.807, 2.05) is 0 Å². The fourth-order valence-corrected chi connectivity index (χ4v) is 3.24. The van der Waals surface area contributed by atoms with Crippen LogP contribution in [-0.2, 0) is 0 Å². The monoisotopic (exact) mass is 195 g/mol. The molecule has 1 nitrogen and oxygen atoms in total. The summed E-state index contributed by atoms with van der Waals surface area (Å²) in [6, 6.07) is 2.57. The van der Waals surface area contributed by atoms with Crippen molar-refractivity contribution in [3.63, 3.8) is 0 Å². The van der Waals surface area contributed by atoms with Crippen LogP contribution in [0.2, 0.25) is 0 Å². The van der Waals surface area contributed by atoms with E-state index in [1.54, 1.807) is 0 Å². The van der Waals surface area contributed by atoms with Gasteiger partial charge in [-0.3, -0.25) is 4.90 Å². The molecular weight excluding hydrogens is 170 g/mol. The summed E-state index contributed by atoms with van der Waals surface area (Å²) in [6.45, 7) is 9.47. The van der Waals surface area contributed by atoms with Gasteiger partial charge in [-0.05, 0) is 44.9 Å². The van der Waals surface area contributed by atoms with E-state index in [-0.39, 0.29) is 0 Å². The molecule has 2 aliphatic rings. The number of rotatable bonds is 3. The summed E-state index contributed by atoms with van der Waals surface area (Å²) >= 11 is 0. The average molecular weight is 195 g/mol. The van der Waals surface area contributed by atoms with Crippen LogP contribution in [0.3, 0.4) is 0 Å². The van der Waals surface area contributed by atoms with Gasteiger partial charge in [-0.1, -0.05) is 20.3 Å². The molecule has 1 heteroatoms. The third kappa shape index (κ3) is 1.60. The zero-order chi connectivity index (χ0) is 10.3. The van der Waals surface area contributed by atoms with Gasteiger partial charge in [-0.25, -0.2) is 0 Å². The topological polar surface area (TPSA) is 3.24 Å². The molecule has 0 amide bonds. The molecule has 0 bridgehead atoms. The zero-order valence-corrected chi connectivity index (χ0v) is 10.2. The summed E-state index contributed by atoms with van der Waals surface area (Å²) in [5.41, 5.74) is 0. The number of nitrogens with zero attached hydrogens (tertiary/aromatic N) is 1. The fourth-order valence-electron chi connectivity index (χ4n) is 3.24. The lowest BCUT2D eigenvalue weighted by atomic mass is 9.70. The van der Waals surface area contributed by atoms with Crippen molar-refractivity contribution in [2.75, 3.05) is 0 Å². The van der Waals surface area contributed by atoms with Crippen molar-refractivity contribution in [2.45, 2.75) is 71.5 Å². The van der Waals surface area contributed by atoms with E-state index in [0.29, 0.717) is 0 Å². The van der Waals surface area contributed by atoms with Crippen molar-refractivity contribution in [1.82, 2.24) is 4.90 Å². The Balaban J connectivity index is 1.95. The number of likely N-dealkylation sites (tertiary alicyclic amines) is 1. The quantitative estimate of drug-likeness (QED) is 0.668. The molecular formula is C13H25N. The van der Waals surface area contributed by atoms with Gasteiger partial charge in [0.2, 0.25) is 0 Å². The molecule has 82 valence electrons. The predicted molar refractivity (Wildman–Crippen MR) is 61.3 cm³/mol. The molecule has 14 heavy (non-hydrogen) atoms. The molecule has 0 aromatic heterocycles. The third-order valence-corrected chi connectivity index (χ3v) is 4.31. The van der Waals surface area contributed by atoms with Crippen LogP contribution in [0.4, 0.5) is 0 Å². The minimum atomic E-state index is 0.752. The van der Waals surface area contributed by atoms with E-state index in [9.17, 15) is 0 Å². The molecule has 0 aromatic rings. The second kappa shape index (κ2) is 3.84. The van der Waals surface area contributed by atoms with Crippen molar-refractivity contribution in [3.8, 4) is 0 Å². The highest BCUT2D eigenvalue weighted by molar-refractivity contribution is 5.00. The largest absolute Gasteiger partial charge is 0.294 e. The van der Waals surface area contributed by atoms with Gasteiger partial charge in [-0.15, -0.1) is 0 Å². The van der Waals surface area contributed by atoms with E-state index in [1.165, 1.54) is 25.7 Å². The van der Waals surface area contributed by atoms with Crippen molar-refractivity contribution >= 4 is 0 Å². The molecule has 0 spiro atoms. The molecule has 0 radical (unpaired) electrons. The maximum atomic E-state index is 2.79. The average Bonchev–Trinajstić information content (AvgIpc) is 1.89. The Labute approximate surface area is 88.9 Å². The molecule has 0 aromatic carbocycles. The van der Waals surface area contributed by atoms with Crippen molar-refractivity contribution in [1.29, 1.82) is 0 Å². The smallest absolute Gasteiger partial charge is 0.0144 e. The van der Waals surface area contributed by atoms with Gasteiger partial charge >= 0.3 is 0 Å². The second-order valence-electron chi connectivity index (χ2n) is 5.85. The van der Waals surface area contributed by atoms with E-state index in [2.05, 4.69) is 32.6 Å². The Morgan fingerprint density at radius 1 is 1.07 bits per heavy atom. The lowest BCUT2D eigenvalue weighted by Crippen LogP contribution is -2.64. The first-order chi connectivity index (χ1) is 6.61. The summed E-state index contributed by atoms with van der Waals surface area (Å²) in [5, 5.41) is 0. The van der Waals surface area contributed by atoms with Gasteiger partial charge in [0, 0.05) is 18.1 Å². The first-order valence-electron chi connectivity index (χ1n) is 6.38. The van der Waals surface area contributed by atoms with Crippen LogP contribution in [0.25, 0.3) is 0 Å². The lowest BCUT2D eigenvalue weighted by molar-refractivity contribution is -0.0812.